The Hall–Kier alpha value is -0.780. The van der Waals surface area contributed by atoms with Crippen molar-refractivity contribution in [3.63, 3.8) is 0 Å². The van der Waals surface area contributed by atoms with E-state index in [2.05, 4.69) is 74.5 Å². The van der Waals surface area contributed by atoms with Crippen molar-refractivity contribution in [2.45, 2.75) is 101 Å². The van der Waals surface area contributed by atoms with Crippen molar-refractivity contribution < 1.29 is 0 Å². The van der Waals surface area contributed by atoms with Gasteiger partial charge in [-0.1, -0.05) is 104 Å². The molecule has 0 aromatic heterocycles. The fourth-order valence-corrected chi connectivity index (χ4v) is 3.74. The molecule has 0 spiro atoms. The van der Waals surface area contributed by atoms with Crippen molar-refractivity contribution in [3.8, 4) is 0 Å². The zero-order valence-corrected chi connectivity index (χ0v) is 18.0. The molecule has 0 N–H and O–H groups in total. The van der Waals surface area contributed by atoms with Gasteiger partial charge in [0.1, 0.15) is 0 Å². The fourth-order valence-electron chi connectivity index (χ4n) is 3.74. The van der Waals surface area contributed by atoms with E-state index in [1.165, 1.54) is 32.1 Å². The minimum Gasteiger partial charge on any atom is -0.0812 e. The number of allylic oxidation sites excluding steroid dienone is 6. The SMILES string of the molecule is CCC[C@@H](CC)C/C(C)=C\CC1=C(C(C)(C)C)CC(C(C)(C)C)=C1. The van der Waals surface area contributed by atoms with Gasteiger partial charge in [-0.25, -0.2) is 0 Å². The Morgan fingerprint density at radius 1 is 1.08 bits per heavy atom. The van der Waals surface area contributed by atoms with Crippen LogP contribution in [-0.2, 0) is 0 Å². The molecule has 0 heterocycles. The molecule has 0 radical (unpaired) electrons. The third kappa shape index (κ3) is 6.26. The monoisotopic (exact) mass is 330 g/mol. The van der Waals surface area contributed by atoms with Gasteiger partial charge >= 0.3 is 0 Å². The van der Waals surface area contributed by atoms with Gasteiger partial charge in [0.2, 0.25) is 0 Å². The van der Waals surface area contributed by atoms with Crippen molar-refractivity contribution in [2.75, 3.05) is 0 Å². The van der Waals surface area contributed by atoms with Crippen LogP contribution in [0.3, 0.4) is 0 Å². The van der Waals surface area contributed by atoms with Crippen LogP contribution >= 0.6 is 0 Å². The van der Waals surface area contributed by atoms with Gasteiger partial charge in [0.15, 0.2) is 0 Å². The van der Waals surface area contributed by atoms with Crippen LogP contribution in [0.5, 0.6) is 0 Å². The molecule has 0 nitrogen and oxygen atoms in total. The highest BCUT2D eigenvalue weighted by atomic mass is 14.3. The molecule has 0 saturated carbocycles. The third-order valence-electron chi connectivity index (χ3n) is 5.53. The van der Waals surface area contributed by atoms with Crippen LogP contribution < -0.4 is 0 Å². The number of rotatable bonds is 7. The van der Waals surface area contributed by atoms with E-state index in [1.807, 2.05) is 0 Å². The van der Waals surface area contributed by atoms with Crippen LogP contribution in [-0.4, -0.2) is 0 Å². The number of hydrogen-bond acceptors (Lipinski definition) is 0. The van der Waals surface area contributed by atoms with E-state index in [0.29, 0.717) is 0 Å². The molecular formula is C24H42. The van der Waals surface area contributed by atoms with Gasteiger partial charge in [-0.05, 0) is 48.5 Å². The molecular weight excluding hydrogens is 288 g/mol. The Labute approximate surface area is 152 Å². The number of hydrogen-bond donors (Lipinski definition) is 0. The van der Waals surface area contributed by atoms with E-state index in [1.54, 1.807) is 22.3 Å². The van der Waals surface area contributed by atoms with Gasteiger partial charge in [0.25, 0.3) is 0 Å². The molecule has 0 bridgehead atoms. The zero-order valence-electron chi connectivity index (χ0n) is 18.0. The lowest BCUT2D eigenvalue weighted by Crippen LogP contribution is -2.13. The maximum absolute atomic E-state index is 2.51. The molecule has 1 aliphatic rings. The second kappa shape index (κ2) is 8.54. The van der Waals surface area contributed by atoms with Gasteiger partial charge in [-0.2, -0.15) is 0 Å². The molecule has 0 amide bonds. The standard InChI is InChI=1S/C24H42/c1-10-12-19(11-2)15-18(3)13-14-20-16-21(23(4,5)6)17-22(20)24(7,8)9/h13,16,19H,10-12,14-15,17H2,1-9H3/b18-13-/t19-/m1/s1. The molecule has 0 saturated heterocycles. The molecule has 0 unspecified atom stereocenters. The highest BCUT2D eigenvalue weighted by Crippen LogP contribution is 2.45. The predicted octanol–water partition coefficient (Wildman–Crippen LogP) is 8.26. The first-order valence-electron chi connectivity index (χ1n) is 10.1. The summed E-state index contributed by atoms with van der Waals surface area (Å²) in [5, 5.41) is 0. The molecule has 0 aromatic carbocycles. The summed E-state index contributed by atoms with van der Waals surface area (Å²) < 4.78 is 0. The Morgan fingerprint density at radius 2 is 1.71 bits per heavy atom. The molecule has 0 aliphatic heterocycles. The van der Waals surface area contributed by atoms with Crippen molar-refractivity contribution in [1.82, 2.24) is 0 Å². The minimum absolute atomic E-state index is 0.273. The summed E-state index contributed by atoms with van der Waals surface area (Å²) in [6.07, 6.45) is 12.5. The van der Waals surface area contributed by atoms with Crippen LogP contribution in [0.4, 0.5) is 0 Å². The predicted molar refractivity (Wildman–Crippen MR) is 110 cm³/mol. The molecule has 0 fully saturated rings. The van der Waals surface area contributed by atoms with Crippen molar-refractivity contribution in [1.29, 1.82) is 0 Å². The first-order valence-corrected chi connectivity index (χ1v) is 10.1. The van der Waals surface area contributed by atoms with E-state index in [0.717, 1.165) is 12.3 Å². The third-order valence-corrected chi connectivity index (χ3v) is 5.53. The topological polar surface area (TPSA) is 0 Å². The fraction of sp³-hybridized carbons (Fsp3) is 0.750. The summed E-state index contributed by atoms with van der Waals surface area (Å²) in [6, 6.07) is 0. The molecule has 0 heteroatoms. The molecule has 1 rings (SSSR count). The Bertz CT molecular complexity index is 497. The smallest absolute Gasteiger partial charge is 0.00888 e. The maximum Gasteiger partial charge on any atom is -0.00888 e. The summed E-state index contributed by atoms with van der Waals surface area (Å²) in [6.45, 7) is 21.1. The van der Waals surface area contributed by atoms with Crippen LogP contribution in [0.15, 0.2) is 34.4 Å². The van der Waals surface area contributed by atoms with Crippen LogP contribution in [0, 0.1) is 16.7 Å². The minimum atomic E-state index is 0.273. The molecule has 1 atom stereocenters. The second-order valence-electron chi connectivity index (χ2n) is 9.87. The van der Waals surface area contributed by atoms with E-state index in [-0.39, 0.29) is 10.8 Å². The van der Waals surface area contributed by atoms with Crippen LogP contribution in [0.2, 0.25) is 0 Å². The molecule has 1 aliphatic carbocycles. The Balaban J connectivity index is 2.90. The lowest BCUT2D eigenvalue weighted by atomic mass is 9.79. The summed E-state index contributed by atoms with van der Waals surface area (Å²) in [5.74, 6) is 0.867. The maximum atomic E-state index is 2.51. The summed E-state index contributed by atoms with van der Waals surface area (Å²) in [4.78, 5) is 0. The summed E-state index contributed by atoms with van der Waals surface area (Å²) in [7, 11) is 0. The van der Waals surface area contributed by atoms with Gasteiger partial charge in [0, 0.05) is 0 Å². The lowest BCUT2D eigenvalue weighted by Gasteiger charge is -2.26. The molecule has 0 aromatic rings. The van der Waals surface area contributed by atoms with Gasteiger partial charge < -0.3 is 0 Å². The quantitative estimate of drug-likeness (QED) is 0.412. The average Bonchev–Trinajstić information content (AvgIpc) is 2.89. The highest BCUT2D eigenvalue weighted by molar-refractivity contribution is 5.44. The van der Waals surface area contributed by atoms with E-state index >= 15 is 0 Å². The van der Waals surface area contributed by atoms with Crippen LogP contribution in [0.25, 0.3) is 0 Å². The normalized spacial score (nSPS) is 18.2. The van der Waals surface area contributed by atoms with Gasteiger partial charge in [-0.3, -0.25) is 0 Å². The van der Waals surface area contributed by atoms with E-state index < -0.39 is 0 Å². The summed E-state index contributed by atoms with van der Waals surface area (Å²) >= 11 is 0. The lowest BCUT2D eigenvalue weighted by molar-refractivity contribution is 0.456. The molecule has 138 valence electrons. The van der Waals surface area contributed by atoms with E-state index in [4.69, 9.17) is 0 Å². The summed E-state index contributed by atoms with van der Waals surface area (Å²) in [5.41, 5.74) is 6.96. The first kappa shape index (κ1) is 21.3. The van der Waals surface area contributed by atoms with Crippen molar-refractivity contribution in [3.05, 3.63) is 34.4 Å². The first-order chi connectivity index (χ1) is 11.0. The molecule has 24 heavy (non-hydrogen) atoms. The Kier molecular flexibility index (Phi) is 7.57. The highest BCUT2D eigenvalue weighted by Gasteiger charge is 2.29. The van der Waals surface area contributed by atoms with Gasteiger partial charge in [0.05, 0.1) is 0 Å². The van der Waals surface area contributed by atoms with Gasteiger partial charge in [-0.15, -0.1) is 0 Å². The Morgan fingerprint density at radius 3 is 2.17 bits per heavy atom. The van der Waals surface area contributed by atoms with Crippen LogP contribution in [0.1, 0.15) is 101 Å². The van der Waals surface area contributed by atoms with E-state index in [9.17, 15) is 0 Å². The van der Waals surface area contributed by atoms with Crippen molar-refractivity contribution in [2.24, 2.45) is 16.7 Å². The zero-order chi connectivity index (χ0) is 18.5. The average molecular weight is 331 g/mol. The second-order valence-corrected chi connectivity index (χ2v) is 9.87. The largest absolute Gasteiger partial charge is 0.0812 e. The van der Waals surface area contributed by atoms with Crippen molar-refractivity contribution >= 4 is 0 Å².